The Kier molecular flexibility index (Phi) is 3.91. The Bertz CT molecular complexity index is 834. The molecule has 1 unspecified atom stereocenters. The first-order chi connectivity index (χ1) is 11.7. The number of aryl methyl sites for hydroxylation is 2. The van der Waals surface area contributed by atoms with E-state index >= 15 is 0 Å². The van der Waals surface area contributed by atoms with Gasteiger partial charge in [0.15, 0.2) is 0 Å². The fraction of sp³-hybridized carbons (Fsp3) is 0.312. The van der Waals surface area contributed by atoms with Crippen molar-refractivity contribution in [2.75, 3.05) is 7.11 Å². The van der Waals surface area contributed by atoms with Crippen LogP contribution < -0.4 is 4.74 Å². The van der Waals surface area contributed by atoms with E-state index in [-0.39, 0.29) is 17.3 Å². The molecule has 0 bridgehead atoms. The lowest BCUT2D eigenvalue weighted by molar-refractivity contribution is -0.359. The van der Waals surface area contributed by atoms with Crippen LogP contribution in [0.2, 0.25) is 0 Å². The minimum Gasteiger partial charge on any atom is -0.423 e. The number of esters is 1. The number of hydrogen-bond acceptors (Lipinski definition) is 6. The molecular weight excluding hydrogens is 341 g/mol. The third-order valence-corrected chi connectivity index (χ3v) is 3.65. The number of rotatable bonds is 3. The van der Waals surface area contributed by atoms with Crippen molar-refractivity contribution in [2.24, 2.45) is 0 Å². The third-order valence-electron chi connectivity index (χ3n) is 3.65. The van der Waals surface area contributed by atoms with Gasteiger partial charge in [0.1, 0.15) is 11.3 Å². The van der Waals surface area contributed by atoms with Crippen LogP contribution in [0.3, 0.4) is 0 Å². The largest absolute Gasteiger partial charge is 0.460 e. The molecule has 0 spiro atoms. The number of carbonyl (C=O) groups is 1. The average Bonchev–Trinajstić information content (AvgIpc) is 2.80. The molecule has 1 aliphatic rings. The molecule has 1 atom stereocenters. The number of methoxy groups -OCH3 is 1. The second kappa shape index (κ2) is 5.69. The molecule has 1 aromatic heterocycles. The number of fused-ring (bicyclic) bond motifs is 1. The fourth-order valence-corrected chi connectivity index (χ4v) is 2.65. The van der Waals surface area contributed by atoms with Crippen LogP contribution in [0.15, 0.2) is 24.3 Å². The topological polar surface area (TPSA) is 70.5 Å². The molecular formula is C16H13F3N2O4. The quantitative estimate of drug-likeness (QED) is 0.787. The van der Waals surface area contributed by atoms with E-state index in [1.165, 1.54) is 12.1 Å². The molecule has 2 aromatic rings. The first-order valence-corrected chi connectivity index (χ1v) is 7.17. The molecule has 25 heavy (non-hydrogen) atoms. The lowest BCUT2D eigenvalue weighted by Crippen LogP contribution is -2.44. The summed E-state index contributed by atoms with van der Waals surface area (Å²) < 4.78 is 55.0. The van der Waals surface area contributed by atoms with Crippen molar-refractivity contribution in [3.05, 3.63) is 46.8 Å². The zero-order chi connectivity index (χ0) is 18.4. The lowest BCUT2D eigenvalue weighted by atomic mass is 10.0. The fourth-order valence-electron chi connectivity index (χ4n) is 2.65. The van der Waals surface area contributed by atoms with Crippen LogP contribution >= 0.6 is 0 Å². The summed E-state index contributed by atoms with van der Waals surface area (Å²) in [6.07, 6.45) is -4.96. The van der Waals surface area contributed by atoms with E-state index in [2.05, 4.69) is 19.4 Å². The highest BCUT2D eigenvalue weighted by molar-refractivity contribution is 5.97. The molecule has 0 saturated carbocycles. The van der Waals surface area contributed by atoms with E-state index in [1.54, 1.807) is 19.9 Å². The van der Waals surface area contributed by atoms with Crippen LogP contribution in [0.5, 0.6) is 11.8 Å². The molecule has 2 heterocycles. The Balaban J connectivity index is 2.11. The van der Waals surface area contributed by atoms with Gasteiger partial charge in [0.2, 0.25) is 0 Å². The van der Waals surface area contributed by atoms with E-state index in [4.69, 9.17) is 4.74 Å². The number of halogens is 3. The Morgan fingerprint density at radius 1 is 1.16 bits per heavy atom. The zero-order valence-electron chi connectivity index (χ0n) is 13.5. The summed E-state index contributed by atoms with van der Waals surface area (Å²) in [6, 6.07) is 5.37. The highest BCUT2D eigenvalue weighted by atomic mass is 19.4. The van der Waals surface area contributed by atoms with Gasteiger partial charge >= 0.3 is 23.9 Å². The van der Waals surface area contributed by atoms with Gasteiger partial charge in [-0.25, -0.2) is 14.8 Å². The second-order valence-electron chi connectivity index (χ2n) is 5.42. The average molecular weight is 354 g/mol. The summed E-state index contributed by atoms with van der Waals surface area (Å²) in [6.45, 7) is 3.43. The predicted molar refractivity (Wildman–Crippen MR) is 78.2 cm³/mol. The number of carbonyl (C=O) groups excluding carboxylic acids is 1. The Hall–Kier alpha value is -2.68. The molecule has 0 amide bonds. The monoisotopic (exact) mass is 354 g/mol. The van der Waals surface area contributed by atoms with Crippen molar-refractivity contribution >= 4 is 5.97 Å². The minimum atomic E-state index is -4.96. The SMILES string of the molecule is COC1(C(F)(F)F)OC(=O)c2c(Oc3nc(C)cc(C)n3)cccc21. The number of benzene rings is 1. The van der Waals surface area contributed by atoms with Crippen molar-refractivity contribution in [1.29, 1.82) is 0 Å². The van der Waals surface area contributed by atoms with Gasteiger partial charge < -0.3 is 14.2 Å². The van der Waals surface area contributed by atoms with Crippen LogP contribution in [0.25, 0.3) is 0 Å². The van der Waals surface area contributed by atoms with Gasteiger partial charge in [-0.15, -0.1) is 0 Å². The number of hydrogen-bond donors (Lipinski definition) is 0. The zero-order valence-corrected chi connectivity index (χ0v) is 13.5. The van der Waals surface area contributed by atoms with Crippen molar-refractivity contribution in [2.45, 2.75) is 25.8 Å². The minimum absolute atomic E-state index is 0.0828. The molecule has 6 nitrogen and oxygen atoms in total. The number of nitrogens with zero attached hydrogens (tertiary/aromatic N) is 2. The summed E-state index contributed by atoms with van der Waals surface area (Å²) in [5.41, 5.74) is 0.372. The van der Waals surface area contributed by atoms with Gasteiger partial charge in [0.05, 0.1) is 5.56 Å². The normalized spacial score (nSPS) is 19.5. The summed E-state index contributed by atoms with van der Waals surface area (Å²) in [7, 11) is 0.816. The number of ether oxygens (including phenoxy) is 3. The van der Waals surface area contributed by atoms with Crippen LogP contribution in [-0.2, 0) is 15.3 Å². The summed E-state index contributed by atoms with van der Waals surface area (Å²) in [5.74, 6) is -4.51. The summed E-state index contributed by atoms with van der Waals surface area (Å²) in [4.78, 5) is 20.2. The lowest BCUT2D eigenvalue weighted by Gasteiger charge is -2.28. The van der Waals surface area contributed by atoms with Crippen LogP contribution in [0.4, 0.5) is 13.2 Å². The van der Waals surface area contributed by atoms with Crippen molar-refractivity contribution in [3.8, 4) is 11.8 Å². The van der Waals surface area contributed by atoms with Crippen LogP contribution in [0, 0.1) is 13.8 Å². The van der Waals surface area contributed by atoms with E-state index in [9.17, 15) is 18.0 Å². The maximum absolute atomic E-state index is 13.5. The Labute approximate surface area is 140 Å². The standard InChI is InChI=1S/C16H13F3N2O4/c1-8-7-9(2)21-14(20-8)24-11-6-4-5-10-12(11)13(22)25-15(10,23-3)16(17,18)19/h4-7H,1-3H3. The van der Waals surface area contributed by atoms with Gasteiger partial charge in [0, 0.05) is 18.5 Å². The molecule has 0 aliphatic carbocycles. The molecule has 0 radical (unpaired) electrons. The molecule has 0 saturated heterocycles. The van der Waals surface area contributed by atoms with Gasteiger partial charge in [-0.3, -0.25) is 0 Å². The summed E-state index contributed by atoms with van der Waals surface area (Å²) >= 11 is 0. The van der Waals surface area contributed by atoms with Crippen molar-refractivity contribution in [3.63, 3.8) is 0 Å². The van der Waals surface area contributed by atoms with E-state index < -0.39 is 23.5 Å². The highest BCUT2D eigenvalue weighted by Crippen LogP contribution is 2.50. The van der Waals surface area contributed by atoms with Gasteiger partial charge in [-0.1, -0.05) is 12.1 Å². The Morgan fingerprint density at radius 3 is 2.36 bits per heavy atom. The van der Waals surface area contributed by atoms with Crippen molar-refractivity contribution < 1.29 is 32.2 Å². The van der Waals surface area contributed by atoms with Gasteiger partial charge in [-0.05, 0) is 26.0 Å². The van der Waals surface area contributed by atoms with Crippen molar-refractivity contribution in [1.82, 2.24) is 9.97 Å². The van der Waals surface area contributed by atoms with E-state index in [0.29, 0.717) is 11.4 Å². The van der Waals surface area contributed by atoms with E-state index in [0.717, 1.165) is 13.2 Å². The van der Waals surface area contributed by atoms with Gasteiger partial charge in [-0.2, -0.15) is 13.2 Å². The molecule has 3 rings (SSSR count). The van der Waals surface area contributed by atoms with Crippen LogP contribution in [0.1, 0.15) is 27.3 Å². The molecule has 0 fully saturated rings. The van der Waals surface area contributed by atoms with Crippen LogP contribution in [-0.4, -0.2) is 29.2 Å². The van der Waals surface area contributed by atoms with Gasteiger partial charge in [0.25, 0.3) is 0 Å². The predicted octanol–water partition coefficient (Wildman–Crippen LogP) is 3.42. The molecule has 1 aromatic carbocycles. The number of aromatic nitrogens is 2. The maximum Gasteiger partial charge on any atom is 0.460 e. The number of cyclic esters (lactones) is 1. The number of alkyl halides is 3. The molecule has 132 valence electrons. The smallest absolute Gasteiger partial charge is 0.423 e. The first-order valence-electron chi connectivity index (χ1n) is 7.17. The third kappa shape index (κ3) is 2.70. The summed E-state index contributed by atoms with van der Waals surface area (Å²) in [5, 5.41) is 0. The molecule has 1 aliphatic heterocycles. The maximum atomic E-state index is 13.5. The highest BCUT2D eigenvalue weighted by Gasteiger charge is 2.66. The molecule has 0 N–H and O–H groups in total. The second-order valence-corrected chi connectivity index (χ2v) is 5.42. The first kappa shape index (κ1) is 17.2. The Morgan fingerprint density at radius 2 is 1.80 bits per heavy atom. The molecule has 9 heteroatoms. The van der Waals surface area contributed by atoms with E-state index in [1.807, 2.05) is 0 Å².